The van der Waals surface area contributed by atoms with Gasteiger partial charge in [-0.2, -0.15) is 0 Å². The Balaban J connectivity index is 1.70. The van der Waals surface area contributed by atoms with Crippen LogP contribution >= 0.6 is 11.6 Å². The SMILES string of the molecule is Cc1ccc(C2/C(=C(/O)c3ccc4c(c3)OCO4)C(=O)C(=O)N2c2cccc(Cl)c2)o1. The third kappa shape index (κ3) is 3.14. The highest BCUT2D eigenvalue weighted by atomic mass is 35.5. The first-order valence-corrected chi connectivity index (χ1v) is 9.85. The lowest BCUT2D eigenvalue weighted by Crippen LogP contribution is -2.29. The summed E-state index contributed by atoms with van der Waals surface area (Å²) in [6.07, 6.45) is 0. The van der Waals surface area contributed by atoms with Crippen LogP contribution in [0.15, 0.2) is 64.6 Å². The summed E-state index contributed by atoms with van der Waals surface area (Å²) in [4.78, 5) is 27.4. The van der Waals surface area contributed by atoms with E-state index in [4.69, 9.17) is 25.5 Å². The molecule has 1 unspecified atom stereocenters. The topological polar surface area (TPSA) is 89.2 Å². The number of aryl methyl sites for hydroxylation is 1. The van der Waals surface area contributed by atoms with Gasteiger partial charge in [0.1, 0.15) is 23.3 Å². The number of amides is 1. The van der Waals surface area contributed by atoms with Crippen molar-refractivity contribution in [3.63, 3.8) is 0 Å². The molecule has 1 saturated heterocycles. The summed E-state index contributed by atoms with van der Waals surface area (Å²) in [6.45, 7) is 1.83. The highest BCUT2D eigenvalue weighted by Crippen LogP contribution is 2.44. The minimum atomic E-state index is -0.961. The van der Waals surface area contributed by atoms with Crippen molar-refractivity contribution in [1.82, 2.24) is 0 Å². The van der Waals surface area contributed by atoms with Crippen LogP contribution in [0.2, 0.25) is 5.02 Å². The van der Waals surface area contributed by atoms with Crippen LogP contribution in [0.25, 0.3) is 5.76 Å². The molecular weight excluding hydrogens is 422 g/mol. The smallest absolute Gasteiger partial charge is 0.300 e. The van der Waals surface area contributed by atoms with Crippen LogP contribution < -0.4 is 14.4 Å². The zero-order valence-corrected chi connectivity index (χ0v) is 17.1. The fourth-order valence-electron chi connectivity index (χ4n) is 3.79. The van der Waals surface area contributed by atoms with Gasteiger partial charge in [0.2, 0.25) is 6.79 Å². The maximum Gasteiger partial charge on any atom is 0.300 e. The normalized spacial score (nSPS) is 19.3. The van der Waals surface area contributed by atoms with E-state index in [1.807, 2.05) is 0 Å². The molecule has 2 aromatic carbocycles. The number of carbonyl (C=O) groups excluding carboxylic acids is 2. The Morgan fingerprint density at radius 2 is 1.87 bits per heavy atom. The van der Waals surface area contributed by atoms with E-state index < -0.39 is 17.7 Å². The van der Waals surface area contributed by atoms with Gasteiger partial charge < -0.3 is 19.0 Å². The highest BCUT2D eigenvalue weighted by Gasteiger charge is 2.48. The maximum absolute atomic E-state index is 13.1. The Morgan fingerprint density at radius 1 is 1.06 bits per heavy atom. The Bertz CT molecular complexity index is 1260. The number of hydrogen-bond acceptors (Lipinski definition) is 6. The molecule has 1 fully saturated rings. The first-order chi connectivity index (χ1) is 14.9. The Hall–Kier alpha value is -3.71. The average Bonchev–Trinajstić information content (AvgIpc) is 3.45. The van der Waals surface area contributed by atoms with Crippen LogP contribution in [0.4, 0.5) is 5.69 Å². The van der Waals surface area contributed by atoms with Crippen molar-refractivity contribution in [2.24, 2.45) is 0 Å². The second-order valence-corrected chi connectivity index (χ2v) is 7.60. The van der Waals surface area contributed by atoms with Crippen molar-refractivity contribution in [2.75, 3.05) is 11.7 Å². The van der Waals surface area contributed by atoms with Gasteiger partial charge in [0.15, 0.2) is 11.5 Å². The molecule has 1 N–H and O–H groups in total. The van der Waals surface area contributed by atoms with Crippen molar-refractivity contribution >= 4 is 34.7 Å². The second kappa shape index (κ2) is 7.21. The molecule has 1 aromatic heterocycles. The van der Waals surface area contributed by atoms with E-state index in [-0.39, 0.29) is 18.1 Å². The van der Waals surface area contributed by atoms with Gasteiger partial charge in [-0.1, -0.05) is 17.7 Å². The number of anilines is 1. The summed E-state index contributed by atoms with van der Waals surface area (Å²) in [5.74, 6) is -0.0144. The number of aliphatic hydroxyl groups is 1. The number of carbonyl (C=O) groups is 2. The molecule has 0 radical (unpaired) electrons. The lowest BCUT2D eigenvalue weighted by Gasteiger charge is -2.23. The molecule has 3 heterocycles. The van der Waals surface area contributed by atoms with Crippen LogP contribution in [0.5, 0.6) is 11.5 Å². The van der Waals surface area contributed by atoms with Gasteiger partial charge in [-0.25, -0.2) is 0 Å². The zero-order valence-electron chi connectivity index (χ0n) is 16.3. The number of Topliss-reactive ketones (excluding diaryl/α,β-unsaturated/α-hetero) is 1. The van der Waals surface area contributed by atoms with Crippen LogP contribution in [-0.4, -0.2) is 23.6 Å². The Morgan fingerprint density at radius 3 is 2.61 bits per heavy atom. The molecule has 31 heavy (non-hydrogen) atoms. The van der Waals surface area contributed by atoms with Crippen molar-refractivity contribution < 1.29 is 28.6 Å². The van der Waals surface area contributed by atoms with E-state index in [0.29, 0.717) is 39.3 Å². The van der Waals surface area contributed by atoms with E-state index in [1.54, 1.807) is 61.5 Å². The number of benzene rings is 2. The number of fused-ring (bicyclic) bond motifs is 1. The number of ether oxygens (including phenoxy) is 2. The van der Waals surface area contributed by atoms with Crippen molar-refractivity contribution in [3.05, 3.63) is 82.3 Å². The fraction of sp³-hybridized carbons (Fsp3) is 0.130. The van der Waals surface area contributed by atoms with Gasteiger partial charge in [0.25, 0.3) is 11.7 Å². The van der Waals surface area contributed by atoms with Gasteiger partial charge in [0, 0.05) is 16.3 Å². The van der Waals surface area contributed by atoms with E-state index in [2.05, 4.69) is 0 Å². The summed E-state index contributed by atoms with van der Waals surface area (Å²) >= 11 is 6.12. The molecule has 1 amide bonds. The van der Waals surface area contributed by atoms with Gasteiger partial charge >= 0.3 is 0 Å². The summed E-state index contributed by atoms with van der Waals surface area (Å²) in [5.41, 5.74) is 0.651. The van der Waals surface area contributed by atoms with Crippen LogP contribution in [-0.2, 0) is 9.59 Å². The van der Waals surface area contributed by atoms with Crippen LogP contribution in [0.1, 0.15) is 23.1 Å². The minimum Gasteiger partial charge on any atom is -0.507 e. The van der Waals surface area contributed by atoms with Crippen LogP contribution in [0, 0.1) is 6.92 Å². The molecule has 3 aromatic rings. The quantitative estimate of drug-likeness (QED) is 0.366. The van der Waals surface area contributed by atoms with Gasteiger partial charge in [0.05, 0.1) is 5.57 Å². The molecule has 0 spiro atoms. The summed E-state index contributed by atoms with van der Waals surface area (Å²) in [5, 5.41) is 11.5. The third-order valence-corrected chi connectivity index (χ3v) is 5.44. The second-order valence-electron chi connectivity index (χ2n) is 7.17. The first kappa shape index (κ1) is 19.3. The van der Waals surface area contributed by atoms with Gasteiger partial charge in [-0.05, 0) is 55.5 Å². The van der Waals surface area contributed by atoms with Crippen molar-refractivity contribution in [2.45, 2.75) is 13.0 Å². The maximum atomic E-state index is 13.1. The molecule has 0 saturated carbocycles. The zero-order chi connectivity index (χ0) is 21.7. The predicted octanol–water partition coefficient (Wildman–Crippen LogP) is 4.60. The van der Waals surface area contributed by atoms with E-state index >= 15 is 0 Å². The van der Waals surface area contributed by atoms with E-state index in [0.717, 1.165) is 0 Å². The summed E-state index contributed by atoms with van der Waals surface area (Å²) < 4.78 is 16.4. The molecule has 5 rings (SSSR count). The summed E-state index contributed by atoms with van der Waals surface area (Å²) in [7, 11) is 0. The first-order valence-electron chi connectivity index (χ1n) is 9.47. The molecule has 7 nitrogen and oxygen atoms in total. The standard InChI is InChI=1S/C23H16ClNO6/c1-12-5-7-17(31-12)20-19(21(26)13-6-8-16-18(9-13)30-11-29-16)22(27)23(28)25(20)15-4-2-3-14(24)10-15/h2-10,20,26H,11H2,1H3/b21-19-. The fourth-order valence-corrected chi connectivity index (χ4v) is 3.98. The van der Waals surface area contributed by atoms with Crippen molar-refractivity contribution in [3.8, 4) is 11.5 Å². The minimum absolute atomic E-state index is 0.0738. The van der Waals surface area contributed by atoms with Gasteiger partial charge in [-0.15, -0.1) is 0 Å². The third-order valence-electron chi connectivity index (χ3n) is 5.21. The number of rotatable bonds is 3. The monoisotopic (exact) mass is 437 g/mol. The molecule has 156 valence electrons. The Labute approximate surface area is 182 Å². The number of furan rings is 1. The molecule has 2 aliphatic rings. The average molecular weight is 438 g/mol. The lowest BCUT2D eigenvalue weighted by molar-refractivity contribution is -0.132. The number of hydrogen-bond donors (Lipinski definition) is 1. The lowest BCUT2D eigenvalue weighted by atomic mass is 9.99. The van der Waals surface area contributed by atoms with Crippen molar-refractivity contribution in [1.29, 1.82) is 0 Å². The molecular formula is C23H16ClNO6. The number of aliphatic hydroxyl groups excluding tert-OH is 1. The molecule has 0 bridgehead atoms. The predicted molar refractivity (Wildman–Crippen MR) is 112 cm³/mol. The molecule has 0 aliphatic carbocycles. The molecule has 2 aliphatic heterocycles. The van der Waals surface area contributed by atoms with Crippen LogP contribution in [0.3, 0.4) is 0 Å². The van der Waals surface area contributed by atoms with Gasteiger partial charge in [-0.3, -0.25) is 14.5 Å². The largest absolute Gasteiger partial charge is 0.507 e. The van der Waals surface area contributed by atoms with E-state index in [9.17, 15) is 14.7 Å². The highest BCUT2D eigenvalue weighted by molar-refractivity contribution is 6.51. The van der Waals surface area contributed by atoms with E-state index in [1.165, 1.54) is 4.90 Å². The number of nitrogens with zero attached hydrogens (tertiary/aromatic N) is 1. The Kier molecular flexibility index (Phi) is 4.48. The summed E-state index contributed by atoms with van der Waals surface area (Å²) in [6, 6.07) is 13.8. The number of ketones is 1. The molecule has 1 atom stereocenters. The number of halogens is 1. The molecule has 8 heteroatoms.